The Hall–Kier alpha value is -1.71. The van der Waals surface area contributed by atoms with Gasteiger partial charge in [0.25, 0.3) is 5.91 Å². The first kappa shape index (κ1) is 15.7. The van der Waals surface area contributed by atoms with Crippen LogP contribution in [0.15, 0.2) is 24.3 Å². The highest BCUT2D eigenvalue weighted by Gasteiger charge is 2.32. The third kappa shape index (κ3) is 4.38. The molecule has 1 aliphatic heterocycles. The van der Waals surface area contributed by atoms with Crippen LogP contribution in [0.3, 0.4) is 0 Å². The van der Waals surface area contributed by atoms with Gasteiger partial charge in [0.2, 0.25) is 0 Å². The summed E-state index contributed by atoms with van der Waals surface area (Å²) < 4.78 is 5.80. The summed E-state index contributed by atoms with van der Waals surface area (Å²) in [5.41, 5.74) is 0.848. The number of anilines is 1. The molecule has 2 N–H and O–H groups in total. The number of benzene rings is 1. The second-order valence-electron chi connectivity index (χ2n) is 7.59. The van der Waals surface area contributed by atoms with E-state index in [2.05, 4.69) is 45.3 Å². The minimum atomic E-state index is -0.487. The van der Waals surface area contributed by atoms with Gasteiger partial charge < -0.3 is 15.4 Å². The Kier molecular flexibility index (Phi) is 4.17. The van der Waals surface area contributed by atoms with Crippen molar-refractivity contribution in [1.29, 1.82) is 0 Å². The maximum Gasteiger partial charge on any atom is 0.263 e. The first-order valence-electron chi connectivity index (χ1n) is 7.48. The highest BCUT2D eigenvalue weighted by atomic mass is 16.5. The van der Waals surface area contributed by atoms with Gasteiger partial charge in [0, 0.05) is 5.54 Å². The fourth-order valence-corrected chi connectivity index (χ4v) is 3.04. The molecule has 21 heavy (non-hydrogen) atoms. The van der Waals surface area contributed by atoms with Crippen LogP contribution in [0, 0.1) is 5.41 Å². The predicted molar refractivity (Wildman–Crippen MR) is 85.6 cm³/mol. The molecule has 1 atom stereocenters. The van der Waals surface area contributed by atoms with Gasteiger partial charge in [-0.15, -0.1) is 0 Å². The topological polar surface area (TPSA) is 50.4 Å². The summed E-state index contributed by atoms with van der Waals surface area (Å²) in [6, 6.07) is 7.68. The molecule has 0 spiro atoms. The van der Waals surface area contributed by atoms with Crippen LogP contribution in [-0.4, -0.2) is 24.1 Å². The van der Waals surface area contributed by atoms with Gasteiger partial charge in [-0.05, 0) is 37.8 Å². The monoisotopic (exact) mass is 290 g/mol. The molecule has 0 saturated carbocycles. The Balaban J connectivity index is 1.99. The zero-order valence-corrected chi connectivity index (χ0v) is 13.6. The Labute approximate surface area is 127 Å². The normalized spacial score (nSPS) is 18.2. The van der Waals surface area contributed by atoms with Gasteiger partial charge in [-0.25, -0.2) is 0 Å². The van der Waals surface area contributed by atoms with Crippen molar-refractivity contribution in [3.05, 3.63) is 24.3 Å². The summed E-state index contributed by atoms with van der Waals surface area (Å²) in [5, 5.41) is 6.35. The van der Waals surface area contributed by atoms with Crippen molar-refractivity contribution in [3.63, 3.8) is 0 Å². The number of hydrogen-bond acceptors (Lipinski definition) is 3. The zero-order chi connectivity index (χ0) is 15.7. The van der Waals surface area contributed by atoms with Crippen LogP contribution in [0.25, 0.3) is 0 Å². The molecule has 1 aliphatic rings. The van der Waals surface area contributed by atoms with Gasteiger partial charge in [-0.2, -0.15) is 0 Å². The molecule has 0 bridgehead atoms. The predicted octanol–water partition coefficient (Wildman–Crippen LogP) is 3.19. The van der Waals surface area contributed by atoms with Gasteiger partial charge in [-0.3, -0.25) is 4.79 Å². The number of amides is 1. The van der Waals surface area contributed by atoms with E-state index in [0.717, 1.165) is 17.9 Å². The van der Waals surface area contributed by atoms with Crippen LogP contribution in [0.5, 0.6) is 5.75 Å². The molecule has 0 saturated heterocycles. The van der Waals surface area contributed by atoms with Crippen LogP contribution in [0.4, 0.5) is 5.69 Å². The molecule has 0 fully saturated rings. The number of ether oxygens (including phenoxy) is 1. The lowest BCUT2D eigenvalue weighted by Gasteiger charge is -2.35. The van der Waals surface area contributed by atoms with E-state index >= 15 is 0 Å². The molecule has 1 aromatic carbocycles. The van der Waals surface area contributed by atoms with Gasteiger partial charge in [0.1, 0.15) is 5.75 Å². The van der Waals surface area contributed by atoms with Crippen molar-refractivity contribution in [1.82, 2.24) is 5.32 Å². The third-order valence-electron chi connectivity index (χ3n) is 3.36. The van der Waals surface area contributed by atoms with Crippen molar-refractivity contribution in [3.8, 4) is 5.75 Å². The fraction of sp³-hybridized carbons (Fsp3) is 0.588. The molecule has 116 valence electrons. The summed E-state index contributed by atoms with van der Waals surface area (Å²) in [5.74, 6) is 0.670. The molecule has 0 aliphatic carbocycles. The van der Waals surface area contributed by atoms with Crippen LogP contribution in [0.1, 0.15) is 41.0 Å². The molecule has 1 amide bonds. The molecule has 1 unspecified atom stereocenters. The second kappa shape index (κ2) is 5.58. The molecule has 1 heterocycles. The Morgan fingerprint density at radius 3 is 2.62 bits per heavy atom. The number of hydrogen-bond donors (Lipinski definition) is 2. The lowest BCUT2D eigenvalue weighted by molar-refractivity contribution is -0.129. The van der Waals surface area contributed by atoms with Crippen molar-refractivity contribution in [2.75, 3.05) is 11.9 Å². The summed E-state index contributed by atoms with van der Waals surface area (Å²) >= 11 is 0. The van der Waals surface area contributed by atoms with Gasteiger partial charge in [0.15, 0.2) is 6.10 Å². The first-order valence-corrected chi connectivity index (χ1v) is 7.48. The average Bonchev–Trinajstić information content (AvgIpc) is 2.34. The second-order valence-corrected chi connectivity index (χ2v) is 7.59. The summed E-state index contributed by atoms with van der Waals surface area (Å²) in [6.45, 7) is 11.1. The lowest BCUT2D eigenvalue weighted by Crippen LogP contribution is -2.53. The maximum absolute atomic E-state index is 12.4. The summed E-state index contributed by atoms with van der Waals surface area (Å²) in [6.07, 6.45) is 0.418. The zero-order valence-electron chi connectivity index (χ0n) is 13.6. The lowest BCUT2D eigenvalue weighted by atomic mass is 9.81. The minimum Gasteiger partial charge on any atom is -0.477 e. The number of fused-ring (bicyclic) bond motifs is 1. The molecule has 4 nitrogen and oxygen atoms in total. The standard InChI is InChI=1S/C17H26N2O2/c1-16(2,3)11-17(4,5)19-15(20)14-10-18-12-8-6-7-9-13(12)21-14/h6-9,14,18H,10-11H2,1-5H3,(H,19,20). The third-order valence-corrected chi connectivity index (χ3v) is 3.36. The van der Waals surface area contributed by atoms with E-state index < -0.39 is 6.10 Å². The quantitative estimate of drug-likeness (QED) is 0.899. The van der Waals surface area contributed by atoms with Gasteiger partial charge in [0.05, 0.1) is 12.2 Å². The van der Waals surface area contributed by atoms with E-state index in [0.29, 0.717) is 6.54 Å². The molecule has 4 heteroatoms. The number of para-hydroxylation sites is 2. The van der Waals surface area contributed by atoms with Crippen LogP contribution in [-0.2, 0) is 4.79 Å². The summed E-state index contributed by atoms with van der Waals surface area (Å²) in [7, 11) is 0. The molecule has 1 aromatic rings. The number of carbonyl (C=O) groups excluding carboxylic acids is 1. The molecular weight excluding hydrogens is 264 g/mol. The van der Waals surface area contributed by atoms with E-state index in [4.69, 9.17) is 4.74 Å². The van der Waals surface area contributed by atoms with E-state index in [1.807, 2.05) is 24.3 Å². The number of rotatable bonds is 3. The van der Waals surface area contributed by atoms with Crippen LogP contribution >= 0.6 is 0 Å². The molecular formula is C17H26N2O2. The Bertz CT molecular complexity index is 518. The van der Waals surface area contributed by atoms with Gasteiger partial charge in [-0.1, -0.05) is 32.9 Å². The van der Waals surface area contributed by atoms with Crippen molar-refractivity contribution < 1.29 is 9.53 Å². The average molecular weight is 290 g/mol. The Morgan fingerprint density at radius 2 is 1.95 bits per heavy atom. The smallest absolute Gasteiger partial charge is 0.263 e. The number of carbonyl (C=O) groups is 1. The largest absolute Gasteiger partial charge is 0.477 e. The van der Waals surface area contributed by atoms with E-state index in [9.17, 15) is 4.79 Å². The van der Waals surface area contributed by atoms with E-state index in [1.165, 1.54) is 0 Å². The SMILES string of the molecule is CC(C)(C)CC(C)(C)NC(=O)C1CNc2ccccc2O1. The highest BCUT2D eigenvalue weighted by molar-refractivity contribution is 5.83. The molecule has 2 rings (SSSR count). The molecule has 0 aromatic heterocycles. The minimum absolute atomic E-state index is 0.0637. The van der Waals surface area contributed by atoms with Gasteiger partial charge >= 0.3 is 0 Å². The first-order chi connectivity index (χ1) is 9.66. The number of nitrogens with one attached hydrogen (secondary N) is 2. The summed E-state index contributed by atoms with van der Waals surface area (Å²) in [4.78, 5) is 12.4. The fourth-order valence-electron chi connectivity index (χ4n) is 3.04. The van der Waals surface area contributed by atoms with E-state index in [-0.39, 0.29) is 16.9 Å². The van der Waals surface area contributed by atoms with Crippen LogP contribution < -0.4 is 15.4 Å². The van der Waals surface area contributed by atoms with E-state index in [1.54, 1.807) is 0 Å². The Morgan fingerprint density at radius 1 is 1.29 bits per heavy atom. The van der Waals surface area contributed by atoms with Crippen LogP contribution in [0.2, 0.25) is 0 Å². The maximum atomic E-state index is 12.4. The molecule has 0 radical (unpaired) electrons. The van der Waals surface area contributed by atoms with Crippen molar-refractivity contribution in [2.45, 2.75) is 52.7 Å². The van der Waals surface area contributed by atoms with Crippen molar-refractivity contribution >= 4 is 11.6 Å². The highest BCUT2D eigenvalue weighted by Crippen LogP contribution is 2.29. The van der Waals surface area contributed by atoms with Crippen molar-refractivity contribution in [2.24, 2.45) is 5.41 Å².